The number of fused-ring (bicyclic) bond motifs is 1. The van der Waals surface area contributed by atoms with E-state index >= 15 is 0 Å². The number of hydrogen-bond donors (Lipinski definition) is 1. The van der Waals surface area contributed by atoms with E-state index in [4.69, 9.17) is 28.2 Å². The molecule has 0 saturated heterocycles. The van der Waals surface area contributed by atoms with E-state index in [2.05, 4.69) is 5.32 Å². The third-order valence-corrected chi connectivity index (χ3v) is 4.76. The van der Waals surface area contributed by atoms with Crippen LogP contribution in [-0.4, -0.2) is 9.55 Å². The molecule has 1 N–H and O–H groups in total. The lowest BCUT2D eigenvalue weighted by Crippen LogP contribution is -2.25. The van der Waals surface area contributed by atoms with Crippen LogP contribution in [-0.2, 0) is 6.54 Å². The summed E-state index contributed by atoms with van der Waals surface area (Å²) in [6.45, 7) is 0.364. The number of benzene rings is 3. The van der Waals surface area contributed by atoms with Gasteiger partial charge in [-0.25, -0.2) is 4.98 Å². The van der Waals surface area contributed by atoms with Crippen molar-refractivity contribution in [3.05, 3.63) is 99.0 Å². The number of rotatable bonds is 4. The first-order valence-electron chi connectivity index (χ1n) is 8.38. The molecular formula is C21H15Cl2N3O. The van der Waals surface area contributed by atoms with Gasteiger partial charge in [0.1, 0.15) is 5.82 Å². The molecule has 27 heavy (non-hydrogen) atoms. The van der Waals surface area contributed by atoms with Crippen molar-refractivity contribution >= 4 is 39.8 Å². The van der Waals surface area contributed by atoms with Gasteiger partial charge in [0.15, 0.2) is 0 Å². The Morgan fingerprint density at radius 2 is 1.67 bits per heavy atom. The summed E-state index contributed by atoms with van der Waals surface area (Å²) in [7, 11) is 0. The fourth-order valence-corrected chi connectivity index (χ4v) is 3.44. The largest absolute Gasteiger partial charge is 0.378 e. The molecular weight excluding hydrogens is 381 g/mol. The number of nitrogens with zero attached hydrogens (tertiary/aromatic N) is 2. The van der Waals surface area contributed by atoms with Crippen molar-refractivity contribution in [2.45, 2.75) is 6.54 Å². The first-order valence-corrected chi connectivity index (χ1v) is 9.14. The summed E-state index contributed by atoms with van der Waals surface area (Å²) < 4.78 is 1.54. The summed E-state index contributed by atoms with van der Waals surface area (Å²) in [5.74, 6) is 0.562. The number of aromatic nitrogens is 2. The molecule has 0 aliphatic rings. The summed E-state index contributed by atoms with van der Waals surface area (Å²) in [5, 5.41) is 4.74. The molecule has 0 saturated carbocycles. The number of halogens is 2. The van der Waals surface area contributed by atoms with Gasteiger partial charge in [-0.05, 0) is 42.5 Å². The van der Waals surface area contributed by atoms with Gasteiger partial charge >= 0.3 is 0 Å². The minimum Gasteiger partial charge on any atom is -0.378 e. The van der Waals surface area contributed by atoms with Crippen LogP contribution < -0.4 is 10.9 Å². The van der Waals surface area contributed by atoms with Gasteiger partial charge in [0.25, 0.3) is 5.56 Å². The number of para-hydroxylation sites is 2. The lowest BCUT2D eigenvalue weighted by molar-refractivity contribution is 0.839. The predicted octanol–water partition coefficient (Wildman–Crippen LogP) is 5.30. The highest BCUT2D eigenvalue weighted by Crippen LogP contribution is 2.25. The second-order valence-electron chi connectivity index (χ2n) is 6.00. The Hall–Kier alpha value is -2.82. The smallest absolute Gasteiger partial charge is 0.266 e. The third kappa shape index (κ3) is 3.54. The molecule has 4 rings (SSSR count). The lowest BCUT2D eigenvalue weighted by Gasteiger charge is -2.16. The molecule has 1 aromatic heterocycles. The van der Waals surface area contributed by atoms with Crippen molar-refractivity contribution in [2.24, 2.45) is 0 Å². The van der Waals surface area contributed by atoms with Crippen LogP contribution in [0.25, 0.3) is 16.6 Å². The Bertz CT molecular complexity index is 1170. The summed E-state index contributed by atoms with van der Waals surface area (Å²) in [6.07, 6.45) is 0. The van der Waals surface area contributed by atoms with E-state index in [0.717, 1.165) is 5.69 Å². The van der Waals surface area contributed by atoms with Crippen molar-refractivity contribution in [3.8, 4) is 5.69 Å². The zero-order valence-corrected chi connectivity index (χ0v) is 15.7. The van der Waals surface area contributed by atoms with E-state index in [1.807, 2.05) is 48.5 Å². The number of nitrogens with one attached hydrogen (secondary N) is 1. The first-order chi connectivity index (χ1) is 13.1. The molecule has 0 radical (unpaired) electrons. The van der Waals surface area contributed by atoms with Crippen LogP contribution in [0.1, 0.15) is 5.82 Å². The van der Waals surface area contributed by atoms with Gasteiger partial charge in [0.2, 0.25) is 0 Å². The number of anilines is 1. The van der Waals surface area contributed by atoms with Gasteiger partial charge in [-0.15, -0.1) is 0 Å². The average molecular weight is 396 g/mol. The van der Waals surface area contributed by atoms with Gasteiger partial charge in [0.05, 0.1) is 28.2 Å². The molecule has 0 fully saturated rings. The van der Waals surface area contributed by atoms with Crippen molar-refractivity contribution in [1.82, 2.24) is 9.55 Å². The van der Waals surface area contributed by atoms with Crippen molar-refractivity contribution in [3.63, 3.8) is 0 Å². The van der Waals surface area contributed by atoms with Crippen LogP contribution in [0.15, 0.2) is 77.6 Å². The minimum absolute atomic E-state index is 0.172. The van der Waals surface area contributed by atoms with Crippen molar-refractivity contribution in [1.29, 1.82) is 0 Å². The van der Waals surface area contributed by atoms with Crippen LogP contribution in [0.2, 0.25) is 10.0 Å². The second-order valence-corrected chi connectivity index (χ2v) is 6.84. The van der Waals surface area contributed by atoms with E-state index < -0.39 is 0 Å². The lowest BCUT2D eigenvalue weighted by atomic mass is 10.2. The maximum atomic E-state index is 13.2. The maximum Gasteiger partial charge on any atom is 0.266 e. The Morgan fingerprint density at radius 1 is 0.926 bits per heavy atom. The molecule has 1 heterocycles. The van der Waals surface area contributed by atoms with Crippen LogP contribution in [0.4, 0.5) is 5.69 Å². The molecule has 0 bridgehead atoms. The molecule has 6 heteroatoms. The second kappa shape index (κ2) is 7.43. The Balaban J connectivity index is 1.89. The van der Waals surface area contributed by atoms with Gasteiger partial charge in [-0.1, -0.05) is 53.5 Å². The van der Waals surface area contributed by atoms with Gasteiger partial charge < -0.3 is 5.32 Å². The summed E-state index contributed by atoms with van der Waals surface area (Å²) >= 11 is 12.4. The van der Waals surface area contributed by atoms with Crippen molar-refractivity contribution in [2.75, 3.05) is 5.32 Å². The van der Waals surface area contributed by atoms with E-state index in [1.54, 1.807) is 24.3 Å². The molecule has 3 aromatic carbocycles. The fraction of sp³-hybridized carbons (Fsp3) is 0.0476. The average Bonchev–Trinajstić information content (AvgIpc) is 2.68. The zero-order chi connectivity index (χ0) is 18.8. The van der Waals surface area contributed by atoms with Crippen LogP contribution in [0.5, 0.6) is 0 Å². The van der Waals surface area contributed by atoms with Crippen LogP contribution in [0.3, 0.4) is 0 Å². The molecule has 0 aliphatic heterocycles. The minimum atomic E-state index is -0.172. The highest BCUT2D eigenvalue weighted by Gasteiger charge is 2.15. The standard InChI is InChI=1S/C21H15Cl2N3O/c22-14-10-11-19(17(23)12-14)26-20(13-24-15-6-2-1-3-7-15)25-18-9-5-4-8-16(18)21(26)27/h1-12,24H,13H2. The molecule has 0 atom stereocenters. The predicted molar refractivity (Wildman–Crippen MR) is 111 cm³/mol. The zero-order valence-electron chi connectivity index (χ0n) is 14.2. The van der Waals surface area contributed by atoms with E-state index in [0.29, 0.717) is 39.0 Å². The Morgan fingerprint density at radius 3 is 2.44 bits per heavy atom. The van der Waals surface area contributed by atoms with E-state index in [1.165, 1.54) is 4.57 Å². The summed E-state index contributed by atoms with van der Waals surface area (Å²) in [6, 6.07) is 22.1. The monoisotopic (exact) mass is 395 g/mol. The molecule has 4 nitrogen and oxygen atoms in total. The topological polar surface area (TPSA) is 46.9 Å². The number of hydrogen-bond acceptors (Lipinski definition) is 3. The first kappa shape index (κ1) is 17.6. The maximum absolute atomic E-state index is 13.2. The van der Waals surface area contributed by atoms with Gasteiger partial charge in [-0.3, -0.25) is 9.36 Å². The van der Waals surface area contributed by atoms with Gasteiger partial charge in [-0.2, -0.15) is 0 Å². The fourth-order valence-electron chi connectivity index (χ4n) is 2.95. The Kier molecular flexibility index (Phi) is 4.84. The molecule has 4 aromatic rings. The Labute approximate surface area is 166 Å². The summed E-state index contributed by atoms with van der Waals surface area (Å²) in [4.78, 5) is 17.9. The normalized spacial score (nSPS) is 10.9. The molecule has 0 unspecified atom stereocenters. The van der Waals surface area contributed by atoms with Crippen molar-refractivity contribution < 1.29 is 0 Å². The van der Waals surface area contributed by atoms with Crippen LogP contribution in [0, 0.1) is 0 Å². The quantitative estimate of drug-likeness (QED) is 0.509. The van der Waals surface area contributed by atoms with Crippen LogP contribution >= 0.6 is 23.2 Å². The molecule has 0 spiro atoms. The molecule has 134 valence electrons. The highest BCUT2D eigenvalue weighted by molar-refractivity contribution is 6.35. The van der Waals surface area contributed by atoms with E-state index in [9.17, 15) is 4.79 Å². The van der Waals surface area contributed by atoms with E-state index in [-0.39, 0.29) is 5.56 Å². The SMILES string of the molecule is O=c1c2ccccc2nc(CNc2ccccc2)n1-c1ccc(Cl)cc1Cl. The summed E-state index contributed by atoms with van der Waals surface area (Å²) in [5.41, 5.74) is 1.96. The molecule has 0 aliphatic carbocycles. The van der Waals surface area contributed by atoms with Gasteiger partial charge in [0, 0.05) is 10.7 Å². The highest BCUT2D eigenvalue weighted by atomic mass is 35.5. The third-order valence-electron chi connectivity index (χ3n) is 4.22. The molecule has 0 amide bonds.